The molecule has 3 heteroatoms. The first kappa shape index (κ1) is 13.6. The second kappa shape index (κ2) is 5.04. The van der Waals surface area contributed by atoms with Crippen molar-refractivity contribution in [2.45, 2.75) is 46.6 Å². The Morgan fingerprint density at radius 2 is 2.28 bits per heavy atom. The topological polar surface area (TPSA) is 35.5 Å². The maximum Gasteiger partial charge on any atom is 0.305 e. The van der Waals surface area contributed by atoms with Crippen LogP contribution in [0.15, 0.2) is 11.6 Å². The van der Waals surface area contributed by atoms with Crippen LogP contribution < -0.4 is 0 Å². The molecule has 1 fully saturated rings. The predicted octanol–water partition coefficient (Wildman–Crippen LogP) is 2.95. The zero-order valence-corrected chi connectivity index (χ0v) is 11.9. The van der Waals surface area contributed by atoms with Crippen molar-refractivity contribution in [1.82, 2.24) is 0 Å². The summed E-state index contributed by atoms with van der Waals surface area (Å²) >= 11 is 0. The molecule has 3 nitrogen and oxygen atoms in total. The fraction of sp³-hybridized carbons (Fsp3) is 0.800. The lowest BCUT2D eigenvalue weighted by Gasteiger charge is -2.49. The highest BCUT2D eigenvalue weighted by Crippen LogP contribution is 2.48. The lowest BCUT2D eigenvalue weighted by Crippen LogP contribution is -2.50. The van der Waals surface area contributed by atoms with Crippen LogP contribution >= 0.6 is 0 Å². The van der Waals surface area contributed by atoms with Crippen molar-refractivity contribution in [2.75, 3.05) is 13.2 Å². The second-order valence-corrected chi connectivity index (χ2v) is 5.90. The van der Waals surface area contributed by atoms with Crippen LogP contribution in [-0.2, 0) is 14.3 Å². The zero-order valence-electron chi connectivity index (χ0n) is 11.9. The standard InChI is InChI=1S/C15H24O3/c1-5-14(16)18-9-15-7-13(12(4)17-8-15)10(2)6-11(15)3/h6,11-13H,5,7-9H2,1-4H3/t11-,12+,13+,15+/m0/s1. The molecule has 0 aromatic rings. The summed E-state index contributed by atoms with van der Waals surface area (Å²) in [4.78, 5) is 11.4. The van der Waals surface area contributed by atoms with Gasteiger partial charge in [0.15, 0.2) is 0 Å². The number of ether oxygens (including phenoxy) is 2. The maximum absolute atomic E-state index is 11.4. The van der Waals surface area contributed by atoms with Crippen LogP contribution in [0.3, 0.4) is 0 Å². The van der Waals surface area contributed by atoms with Gasteiger partial charge in [-0.2, -0.15) is 0 Å². The van der Waals surface area contributed by atoms with Crippen molar-refractivity contribution in [1.29, 1.82) is 0 Å². The van der Waals surface area contributed by atoms with E-state index in [1.807, 2.05) is 6.92 Å². The van der Waals surface area contributed by atoms with Crippen molar-refractivity contribution >= 4 is 5.97 Å². The van der Waals surface area contributed by atoms with Gasteiger partial charge in [-0.25, -0.2) is 0 Å². The van der Waals surface area contributed by atoms with Gasteiger partial charge in [0.25, 0.3) is 0 Å². The van der Waals surface area contributed by atoms with Gasteiger partial charge in [-0.15, -0.1) is 0 Å². The van der Waals surface area contributed by atoms with E-state index in [0.29, 0.717) is 31.5 Å². The molecule has 102 valence electrons. The molecule has 0 aromatic heterocycles. The van der Waals surface area contributed by atoms with Crippen molar-refractivity contribution in [3.05, 3.63) is 11.6 Å². The SMILES string of the molecule is CCC(=O)OC[C@]12CO[C@H](C)[C@H](C1)C(C)=C[C@@H]2C. The molecule has 18 heavy (non-hydrogen) atoms. The van der Waals surface area contributed by atoms with Crippen molar-refractivity contribution in [3.63, 3.8) is 0 Å². The number of allylic oxidation sites excluding steroid dienone is 1. The number of fused-ring (bicyclic) bond motifs is 2. The minimum atomic E-state index is -0.113. The van der Waals surface area contributed by atoms with Gasteiger partial charge >= 0.3 is 5.97 Å². The summed E-state index contributed by atoms with van der Waals surface area (Å²) in [5.41, 5.74) is 1.41. The van der Waals surface area contributed by atoms with E-state index < -0.39 is 0 Å². The van der Waals surface area contributed by atoms with E-state index in [4.69, 9.17) is 9.47 Å². The monoisotopic (exact) mass is 252 g/mol. The smallest absolute Gasteiger partial charge is 0.305 e. The Labute approximate surface area is 110 Å². The zero-order chi connectivity index (χ0) is 13.3. The Bertz CT molecular complexity index is 361. The molecular formula is C15H24O3. The highest BCUT2D eigenvalue weighted by Gasteiger charge is 2.47. The number of esters is 1. The minimum absolute atomic E-state index is 0.0124. The Hall–Kier alpha value is -0.830. The quantitative estimate of drug-likeness (QED) is 0.572. The molecule has 0 aromatic carbocycles. The van der Waals surface area contributed by atoms with Gasteiger partial charge in [0.2, 0.25) is 0 Å². The Balaban J connectivity index is 2.14. The number of hydrogen-bond donors (Lipinski definition) is 0. The summed E-state index contributed by atoms with van der Waals surface area (Å²) in [6.45, 7) is 9.56. The molecule has 0 saturated carbocycles. The fourth-order valence-corrected chi connectivity index (χ4v) is 3.18. The number of carbonyl (C=O) groups is 1. The summed E-state index contributed by atoms with van der Waals surface area (Å²) in [6, 6.07) is 0. The van der Waals surface area contributed by atoms with E-state index >= 15 is 0 Å². The molecule has 4 atom stereocenters. The highest BCUT2D eigenvalue weighted by atomic mass is 16.5. The first-order chi connectivity index (χ1) is 8.48. The lowest BCUT2D eigenvalue weighted by molar-refractivity contribution is -0.161. The van der Waals surface area contributed by atoms with Crippen LogP contribution in [0.25, 0.3) is 0 Å². The highest BCUT2D eigenvalue weighted by molar-refractivity contribution is 5.68. The van der Waals surface area contributed by atoms with E-state index in [-0.39, 0.29) is 17.5 Å². The third-order valence-electron chi connectivity index (χ3n) is 4.70. The van der Waals surface area contributed by atoms with E-state index in [0.717, 1.165) is 6.42 Å². The number of carbonyl (C=O) groups excluding carboxylic acids is 1. The number of rotatable bonds is 3. The third kappa shape index (κ3) is 2.33. The van der Waals surface area contributed by atoms with Gasteiger partial charge in [0.1, 0.15) is 0 Å². The van der Waals surface area contributed by atoms with Crippen LogP contribution in [-0.4, -0.2) is 25.3 Å². The molecule has 0 unspecified atom stereocenters. The second-order valence-electron chi connectivity index (χ2n) is 5.90. The molecule has 2 aliphatic rings. The summed E-state index contributed by atoms with van der Waals surface area (Å²) < 4.78 is 11.3. The molecule has 0 amide bonds. The molecule has 1 saturated heterocycles. The van der Waals surface area contributed by atoms with E-state index in [1.165, 1.54) is 5.57 Å². The van der Waals surface area contributed by atoms with E-state index in [2.05, 4.69) is 26.8 Å². The minimum Gasteiger partial charge on any atom is -0.465 e. The van der Waals surface area contributed by atoms with Crippen LogP contribution in [0.5, 0.6) is 0 Å². The molecule has 1 aliphatic heterocycles. The van der Waals surface area contributed by atoms with Gasteiger partial charge < -0.3 is 9.47 Å². The Morgan fingerprint density at radius 3 is 2.94 bits per heavy atom. The predicted molar refractivity (Wildman–Crippen MR) is 70.1 cm³/mol. The van der Waals surface area contributed by atoms with Gasteiger partial charge in [-0.05, 0) is 26.2 Å². The summed E-state index contributed by atoms with van der Waals surface area (Å²) in [6.07, 6.45) is 4.14. The van der Waals surface area contributed by atoms with Crippen molar-refractivity contribution in [3.8, 4) is 0 Å². The molecule has 0 radical (unpaired) electrons. The summed E-state index contributed by atoms with van der Waals surface area (Å²) in [5.74, 6) is 0.777. The first-order valence-corrected chi connectivity index (χ1v) is 6.94. The van der Waals surface area contributed by atoms with Gasteiger partial charge in [-0.3, -0.25) is 4.79 Å². The first-order valence-electron chi connectivity index (χ1n) is 6.94. The molecular weight excluding hydrogens is 228 g/mol. The van der Waals surface area contributed by atoms with Gasteiger partial charge in [0, 0.05) is 17.8 Å². The number of hydrogen-bond acceptors (Lipinski definition) is 3. The molecule has 2 rings (SSSR count). The van der Waals surface area contributed by atoms with Crippen molar-refractivity contribution < 1.29 is 14.3 Å². The van der Waals surface area contributed by atoms with Crippen molar-refractivity contribution in [2.24, 2.45) is 17.3 Å². The fourth-order valence-electron chi connectivity index (χ4n) is 3.18. The summed E-state index contributed by atoms with van der Waals surface area (Å²) in [7, 11) is 0. The summed E-state index contributed by atoms with van der Waals surface area (Å²) in [5, 5.41) is 0. The molecule has 0 spiro atoms. The van der Waals surface area contributed by atoms with E-state index in [1.54, 1.807) is 0 Å². The Kier molecular flexibility index (Phi) is 3.81. The van der Waals surface area contributed by atoms with E-state index in [9.17, 15) is 4.79 Å². The Morgan fingerprint density at radius 1 is 1.56 bits per heavy atom. The van der Waals surface area contributed by atoms with Gasteiger partial charge in [-0.1, -0.05) is 25.5 Å². The molecule has 1 heterocycles. The largest absolute Gasteiger partial charge is 0.465 e. The van der Waals surface area contributed by atoms with Gasteiger partial charge in [0.05, 0.1) is 19.3 Å². The normalized spacial score (nSPS) is 39.1. The molecule has 0 N–H and O–H groups in total. The average molecular weight is 252 g/mol. The van der Waals surface area contributed by atoms with Crippen LogP contribution in [0.1, 0.15) is 40.5 Å². The maximum atomic E-state index is 11.4. The molecule has 2 bridgehead atoms. The average Bonchev–Trinajstić information content (AvgIpc) is 2.36. The lowest BCUT2D eigenvalue weighted by atomic mass is 9.63. The third-order valence-corrected chi connectivity index (χ3v) is 4.70. The van der Waals surface area contributed by atoms with Crippen LogP contribution in [0.4, 0.5) is 0 Å². The van der Waals surface area contributed by atoms with Crippen LogP contribution in [0.2, 0.25) is 0 Å². The molecule has 1 aliphatic carbocycles. The van der Waals surface area contributed by atoms with Crippen LogP contribution in [0, 0.1) is 17.3 Å².